The summed E-state index contributed by atoms with van der Waals surface area (Å²) in [6, 6.07) is 7.80. The van der Waals surface area contributed by atoms with Gasteiger partial charge in [0.1, 0.15) is 0 Å². The quantitative estimate of drug-likeness (QED) is 0.443. The lowest BCUT2D eigenvalue weighted by Gasteiger charge is -2.30. The predicted octanol–water partition coefficient (Wildman–Crippen LogP) is 3.39. The molecule has 4 rings (SSSR count). The van der Waals surface area contributed by atoms with Crippen molar-refractivity contribution in [2.24, 2.45) is 5.92 Å². The molecular formula is C21H22ClNO7S2. The molecular weight excluding hydrogens is 478 g/mol. The van der Waals surface area contributed by atoms with Gasteiger partial charge in [-0.3, -0.25) is 9.59 Å². The largest absolute Gasteiger partial charge is 0.490 e. The lowest BCUT2D eigenvalue weighted by molar-refractivity contribution is -0.148. The van der Waals surface area contributed by atoms with Crippen LogP contribution in [0.4, 0.5) is 0 Å². The molecule has 1 aromatic heterocycles. The van der Waals surface area contributed by atoms with Gasteiger partial charge < -0.3 is 14.2 Å². The molecule has 2 aliphatic heterocycles. The molecule has 0 radical (unpaired) electrons. The molecule has 0 unspecified atom stereocenters. The number of hydrogen-bond donors (Lipinski definition) is 0. The summed E-state index contributed by atoms with van der Waals surface area (Å²) in [5.74, 6) is -0.316. The van der Waals surface area contributed by atoms with Crippen LogP contribution >= 0.6 is 22.9 Å². The third kappa shape index (κ3) is 5.09. The van der Waals surface area contributed by atoms with Crippen molar-refractivity contribution in [2.45, 2.75) is 24.2 Å². The number of thiophene rings is 1. The van der Waals surface area contributed by atoms with Crippen LogP contribution in [-0.2, 0) is 19.6 Å². The molecule has 2 aromatic rings. The van der Waals surface area contributed by atoms with E-state index in [4.69, 9.17) is 25.8 Å². The standard InChI is InChI=1S/C21H22ClNO7S2/c22-20-5-4-19(31-20)16(24)13-30-21(25)14-6-8-23(9-7-14)32(26,27)15-2-3-17-18(12-15)29-11-1-10-28-17/h2-5,12,14H,1,6-11,13H2. The first-order chi connectivity index (χ1) is 15.3. The van der Waals surface area contributed by atoms with Crippen LogP contribution in [-0.4, -0.2) is 57.4 Å². The number of sulfonamides is 1. The highest BCUT2D eigenvalue weighted by Gasteiger charge is 2.33. The van der Waals surface area contributed by atoms with Crippen LogP contribution in [0.1, 0.15) is 28.9 Å². The summed E-state index contributed by atoms with van der Waals surface area (Å²) in [5, 5.41) is 0. The van der Waals surface area contributed by atoms with E-state index in [0.29, 0.717) is 46.8 Å². The van der Waals surface area contributed by atoms with E-state index in [-0.39, 0.29) is 30.4 Å². The van der Waals surface area contributed by atoms with Crippen LogP contribution in [0.15, 0.2) is 35.2 Å². The van der Waals surface area contributed by atoms with Crippen LogP contribution in [0.3, 0.4) is 0 Å². The number of rotatable bonds is 6. The van der Waals surface area contributed by atoms with Crippen molar-refractivity contribution in [2.75, 3.05) is 32.9 Å². The summed E-state index contributed by atoms with van der Waals surface area (Å²) in [6.45, 7) is 1.00. The van der Waals surface area contributed by atoms with E-state index in [1.54, 1.807) is 18.2 Å². The second-order valence-electron chi connectivity index (χ2n) is 7.47. The first kappa shape index (κ1) is 23.0. The van der Waals surface area contributed by atoms with Crippen molar-refractivity contribution in [1.29, 1.82) is 0 Å². The smallest absolute Gasteiger partial charge is 0.309 e. The lowest BCUT2D eigenvalue weighted by atomic mass is 9.98. The maximum absolute atomic E-state index is 13.1. The Morgan fingerprint density at radius 2 is 1.81 bits per heavy atom. The first-order valence-corrected chi connectivity index (χ1v) is 12.8. The zero-order valence-electron chi connectivity index (χ0n) is 17.1. The second kappa shape index (κ2) is 9.78. The molecule has 0 N–H and O–H groups in total. The minimum absolute atomic E-state index is 0.128. The molecule has 0 spiro atoms. The Morgan fingerprint density at radius 3 is 2.50 bits per heavy atom. The summed E-state index contributed by atoms with van der Waals surface area (Å²) >= 11 is 6.95. The molecule has 0 atom stereocenters. The number of ketones is 1. The van der Waals surface area contributed by atoms with Crippen LogP contribution in [0.2, 0.25) is 4.34 Å². The van der Waals surface area contributed by atoms with Crippen molar-refractivity contribution in [3.63, 3.8) is 0 Å². The van der Waals surface area contributed by atoms with E-state index in [0.717, 1.165) is 17.8 Å². The van der Waals surface area contributed by atoms with Crippen LogP contribution in [0.5, 0.6) is 11.5 Å². The van der Waals surface area contributed by atoms with Gasteiger partial charge in [0.15, 0.2) is 18.1 Å². The molecule has 3 heterocycles. The molecule has 32 heavy (non-hydrogen) atoms. The lowest BCUT2D eigenvalue weighted by Crippen LogP contribution is -2.40. The van der Waals surface area contributed by atoms with E-state index < -0.39 is 21.9 Å². The first-order valence-electron chi connectivity index (χ1n) is 10.2. The molecule has 8 nitrogen and oxygen atoms in total. The van der Waals surface area contributed by atoms with Gasteiger partial charge in [-0.25, -0.2) is 8.42 Å². The average Bonchev–Trinajstić information content (AvgIpc) is 3.10. The molecule has 1 aromatic carbocycles. The molecule has 0 saturated carbocycles. The van der Waals surface area contributed by atoms with Gasteiger partial charge in [0, 0.05) is 25.6 Å². The zero-order valence-corrected chi connectivity index (χ0v) is 19.5. The number of esters is 1. The summed E-state index contributed by atoms with van der Waals surface area (Å²) in [6.07, 6.45) is 1.37. The highest BCUT2D eigenvalue weighted by Crippen LogP contribution is 2.34. The topological polar surface area (TPSA) is 99.2 Å². The number of Topliss-reactive ketones (excluding diaryl/α,β-unsaturated/α-hetero) is 1. The number of piperidine rings is 1. The van der Waals surface area contributed by atoms with Crippen LogP contribution in [0.25, 0.3) is 0 Å². The van der Waals surface area contributed by atoms with Gasteiger partial charge >= 0.3 is 5.97 Å². The van der Waals surface area contributed by atoms with Crippen LogP contribution < -0.4 is 9.47 Å². The number of nitrogens with zero attached hydrogens (tertiary/aromatic N) is 1. The van der Waals surface area contributed by atoms with Crippen LogP contribution in [0, 0.1) is 5.92 Å². The van der Waals surface area contributed by atoms with Gasteiger partial charge in [0.2, 0.25) is 15.8 Å². The predicted molar refractivity (Wildman–Crippen MR) is 118 cm³/mol. The third-order valence-electron chi connectivity index (χ3n) is 5.34. The monoisotopic (exact) mass is 499 g/mol. The summed E-state index contributed by atoms with van der Waals surface area (Å²) in [7, 11) is -3.74. The summed E-state index contributed by atoms with van der Waals surface area (Å²) in [5.41, 5.74) is 0. The van der Waals surface area contributed by atoms with Crippen molar-refractivity contribution >= 4 is 44.7 Å². The number of carbonyl (C=O) groups is 2. The number of benzene rings is 1. The van der Waals surface area contributed by atoms with Gasteiger partial charge in [0.05, 0.1) is 33.2 Å². The highest BCUT2D eigenvalue weighted by molar-refractivity contribution is 7.89. The Bertz CT molecular complexity index is 1110. The molecule has 172 valence electrons. The maximum atomic E-state index is 13.1. The Labute approximate surface area is 195 Å². The Morgan fingerprint density at radius 1 is 1.09 bits per heavy atom. The third-order valence-corrected chi connectivity index (χ3v) is 8.50. The Balaban J connectivity index is 1.33. The van der Waals surface area contributed by atoms with Gasteiger partial charge in [-0.1, -0.05) is 11.6 Å². The normalized spacial score (nSPS) is 17.5. The van der Waals surface area contributed by atoms with Crippen molar-refractivity contribution < 1.29 is 32.2 Å². The Hall–Kier alpha value is -2.14. The number of hydrogen-bond acceptors (Lipinski definition) is 8. The zero-order chi connectivity index (χ0) is 22.7. The van der Waals surface area contributed by atoms with E-state index in [1.165, 1.54) is 16.4 Å². The fraction of sp³-hybridized carbons (Fsp3) is 0.429. The molecule has 1 fully saturated rings. The van der Waals surface area contributed by atoms with Crippen molar-refractivity contribution in [1.82, 2.24) is 4.31 Å². The summed E-state index contributed by atoms with van der Waals surface area (Å²) < 4.78 is 44.3. The van der Waals surface area contributed by atoms with E-state index >= 15 is 0 Å². The molecule has 0 bridgehead atoms. The fourth-order valence-electron chi connectivity index (χ4n) is 3.57. The Kier molecular flexibility index (Phi) is 7.04. The average molecular weight is 500 g/mol. The second-order valence-corrected chi connectivity index (χ2v) is 11.1. The minimum atomic E-state index is -3.74. The van der Waals surface area contributed by atoms with E-state index in [2.05, 4.69) is 0 Å². The number of halogens is 1. The van der Waals surface area contributed by atoms with E-state index in [1.807, 2.05) is 0 Å². The summed E-state index contributed by atoms with van der Waals surface area (Å²) in [4.78, 5) is 25.0. The van der Waals surface area contributed by atoms with Gasteiger partial charge in [-0.15, -0.1) is 11.3 Å². The van der Waals surface area contributed by atoms with E-state index in [9.17, 15) is 18.0 Å². The number of fused-ring (bicyclic) bond motifs is 1. The van der Waals surface area contributed by atoms with Crippen molar-refractivity contribution in [3.05, 3.63) is 39.5 Å². The molecule has 1 saturated heterocycles. The van der Waals surface area contributed by atoms with Crippen molar-refractivity contribution in [3.8, 4) is 11.5 Å². The molecule has 11 heteroatoms. The molecule has 0 aliphatic carbocycles. The van der Waals surface area contributed by atoms with Gasteiger partial charge in [-0.05, 0) is 37.1 Å². The maximum Gasteiger partial charge on any atom is 0.309 e. The van der Waals surface area contributed by atoms with Gasteiger partial charge in [0.25, 0.3) is 0 Å². The van der Waals surface area contributed by atoms with Gasteiger partial charge in [-0.2, -0.15) is 4.31 Å². The highest BCUT2D eigenvalue weighted by atomic mass is 35.5. The molecule has 0 amide bonds. The number of ether oxygens (including phenoxy) is 3. The fourth-order valence-corrected chi connectivity index (χ4v) is 6.03. The molecule has 2 aliphatic rings. The SMILES string of the molecule is O=C(COC(=O)C1CCN(S(=O)(=O)c2ccc3c(c2)OCCCO3)CC1)c1ccc(Cl)s1. The number of carbonyl (C=O) groups excluding carboxylic acids is 2. The minimum Gasteiger partial charge on any atom is -0.490 e.